The number of hydrogen-bond donors (Lipinski definition) is 1. The van der Waals surface area contributed by atoms with Gasteiger partial charge in [-0.25, -0.2) is 8.42 Å². The maximum atomic E-state index is 13.1. The minimum absolute atomic E-state index is 0.00334. The molecule has 5 nitrogen and oxygen atoms in total. The Bertz CT molecular complexity index is 998. The van der Waals surface area contributed by atoms with Crippen LogP contribution in [0.4, 0.5) is 24.5 Å². The van der Waals surface area contributed by atoms with E-state index in [1.807, 2.05) is 0 Å². The van der Waals surface area contributed by atoms with Crippen LogP contribution in [0.2, 0.25) is 0 Å². The molecule has 0 bridgehead atoms. The number of para-hydroxylation sites is 1. The molecular formula is C19H18BrF3N2O3S. The second-order valence-electron chi connectivity index (χ2n) is 6.70. The van der Waals surface area contributed by atoms with Crippen molar-refractivity contribution in [3.63, 3.8) is 0 Å². The molecule has 0 spiro atoms. The van der Waals surface area contributed by atoms with Crippen LogP contribution >= 0.6 is 15.9 Å². The van der Waals surface area contributed by atoms with Crippen LogP contribution in [0.5, 0.6) is 0 Å². The Morgan fingerprint density at radius 3 is 2.45 bits per heavy atom. The van der Waals surface area contributed by atoms with E-state index < -0.39 is 33.5 Å². The van der Waals surface area contributed by atoms with E-state index in [-0.39, 0.29) is 28.2 Å². The maximum Gasteiger partial charge on any atom is 0.417 e. The summed E-state index contributed by atoms with van der Waals surface area (Å²) < 4.78 is 62.9. The van der Waals surface area contributed by atoms with Crippen LogP contribution in [0.1, 0.15) is 12.0 Å². The van der Waals surface area contributed by atoms with Gasteiger partial charge in [0.15, 0.2) is 9.84 Å². The number of benzene rings is 2. The highest BCUT2D eigenvalue weighted by Crippen LogP contribution is 2.36. The second kappa shape index (κ2) is 8.35. The monoisotopic (exact) mass is 490 g/mol. The highest BCUT2D eigenvalue weighted by molar-refractivity contribution is 9.10. The summed E-state index contributed by atoms with van der Waals surface area (Å²) in [4.78, 5) is 14.3. The fourth-order valence-electron chi connectivity index (χ4n) is 3.24. The largest absolute Gasteiger partial charge is 0.417 e. The van der Waals surface area contributed by atoms with E-state index in [0.717, 1.165) is 6.07 Å². The fourth-order valence-corrected chi connectivity index (χ4v) is 5.41. The van der Waals surface area contributed by atoms with E-state index in [1.54, 1.807) is 30.3 Å². The third-order valence-corrected chi connectivity index (χ3v) is 7.03. The summed E-state index contributed by atoms with van der Waals surface area (Å²) in [6, 6.07) is 11.7. The predicted molar refractivity (Wildman–Crippen MR) is 109 cm³/mol. The summed E-state index contributed by atoms with van der Waals surface area (Å²) in [6.07, 6.45) is -4.21. The molecule has 0 aromatic heterocycles. The van der Waals surface area contributed by atoms with Crippen LogP contribution in [0.15, 0.2) is 53.0 Å². The fraction of sp³-hybridized carbons (Fsp3) is 0.316. The molecule has 0 radical (unpaired) electrons. The quantitative estimate of drug-likeness (QED) is 0.684. The first-order valence-corrected chi connectivity index (χ1v) is 11.4. The van der Waals surface area contributed by atoms with E-state index in [1.165, 1.54) is 17.0 Å². The second-order valence-corrected chi connectivity index (χ2v) is 9.79. The molecule has 1 saturated heterocycles. The molecule has 1 heterocycles. The Balaban J connectivity index is 1.79. The van der Waals surface area contributed by atoms with Crippen molar-refractivity contribution in [3.05, 3.63) is 58.6 Å². The molecule has 0 saturated carbocycles. The standard InChI is InChI=1S/C19H18BrF3N2O3S/c20-17-7-6-13(10-16(17)19(21,22)23)24-11-18(26)25(14-4-2-1-3-5-14)15-8-9-29(27,28)12-15/h1-7,10,15,24H,8-9,11-12H2/t15-/m1/s1. The zero-order valence-electron chi connectivity index (χ0n) is 15.1. The van der Waals surface area contributed by atoms with Crippen molar-refractivity contribution in [2.45, 2.75) is 18.6 Å². The van der Waals surface area contributed by atoms with Gasteiger partial charge >= 0.3 is 6.18 Å². The molecule has 2 aromatic rings. The number of halogens is 4. The normalized spacial score (nSPS) is 18.4. The summed E-state index contributed by atoms with van der Waals surface area (Å²) in [5.41, 5.74) is -0.161. The van der Waals surface area contributed by atoms with Gasteiger partial charge in [0.25, 0.3) is 0 Å². The summed E-state index contributed by atoms with van der Waals surface area (Å²) in [5, 5.41) is 2.72. The number of carbonyl (C=O) groups excluding carboxylic acids is 1. The number of nitrogens with zero attached hydrogens (tertiary/aromatic N) is 1. The molecule has 1 N–H and O–H groups in total. The van der Waals surface area contributed by atoms with Crippen LogP contribution < -0.4 is 10.2 Å². The smallest absolute Gasteiger partial charge is 0.376 e. The third-order valence-electron chi connectivity index (χ3n) is 4.59. The molecule has 3 rings (SSSR count). The molecule has 2 aromatic carbocycles. The van der Waals surface area contributed by atoms with Crippen LogP contribution in [0, 0.1) is 0 Å². The van der Waals surface area contributed by atoms with Gasteiger partial charge in [-0.15, -0.1) is 0 Å². The molecule has 1 aliphatic heterocycles. The van der Waals surface area contributed by atoms with E-state index >= 15 is 0 Å². The number of amides is 1. The molecule has 29 heavy (non-hydrogen) atoms. The van der Waals surface area contributed by atoms with E-state index in [9.17, 15) is 26.4 Å². The minimum Gasteiger partial charge on any atom is -0.376 e. The Morgan fingerprint density at radius 1 is 1.17 bits per heavy atom. The van der Waals surface area contributed by atoms with Crippen molar-refractivity contribution in [3.8, 4) is 0 Å². The number of alkyl halides is 3. The predicted octanol–water partition coefficient (Wildman–Crippen LogP) is 4.10. The summed E-state index contributed by atoms with van der Waals surface area (Å²) in [7, 11) is -3.22. The van der Waals surface area contributed by atoms with Crippen LogP contribution in [-0.2, 0) is 20.8 Å². The van der Waals surface area contributed by atoms with Crippen LogP contribution in [0.25, 0.3) is 0 Å². The lowest BCUT2D eigenvalue weighted by Crippen LogP contribution is -2.44. The van der Waals surface area contributed by atoms with Crippen molar-refractivity contribution in [2.75, 3.05) is 28.3 Å². The lowest BCUT2D eigenvalue weighted by Gasteiger charge is -2.28. The van der Waals surface area contributed by atoms with E-state index in [2.05, 4.69) is 21.2 Å². The van der Waals surface area contributed by atoms with Crippen molar-refractivity contribution in [2.24, 2.45) is 0 Å². The van der Waals surface area contributed by atoms with E-state index in [0.29, 0.717) is 12.1 Å². The van der Waals surface area contributed by atoms with Crippen LogP contribution in [-0.4, -0.2) is 38.4 Å². The van der Waals surface area contributed by atoms with Gasteiger partial charge in [0.2, 0.25) is 5.91 Å². The number of hydrogen-bond acceptors (Lipinski definition) is 4. The summed E-state index contributed by atoms with van der Waals surface area (Å²) in [5.74, 6) is -0.553. The van der Waals surface area contributed by atoms with Gasteiger partial charge in [0, 0.05) is 15.8 Å². The number of anilines is 2. The Labute approximate surface area is 174 Å². The first-order valence-electron chi connectivity index (χ1n) is 8.75. The Morgan fingerprint density at radius 2 is 1.86 bits per heavy atom. The zero-order chi connectivity index (χ0) is 21.2. The van der Waals surface area contributed by atoms with Crippen molar-refractivity contribution < 1.29 is 26.4 Å². The number of carbonyl (C=O) groups is 1. The lowest BCUT2D eigenvalue weighted by molar-refractivity contribution is -0.138. The zero-order valence-corrected chi connectivity index (χ0v) is 17.5. The molecule has 1 fully saturated rings. The Hall–Kier alpha value is -2.07. The number of nitrogens with one attached hydrogen (secondary N) is 1. The minimum atomic E-state index is -4.53. The van der Waals surface area contributed by atoms with Gasteiger partial charge in [-0.05, 0) is 36.8 Å². The van der Waals surface area contributed by atoms with Gasteiger partial charge in [0.1, 0.15) is 0 Å². The molecule has 156 valence electrons. The van der Waals surface area contributed by atoms with Gasteiger partial charge in [-0.3, -0.25) is 4.79 Å². The molecule has 0 unspecified atom stereocenters. The van der Waals surface area contributed by atoms with Crippen molar-refractivity contribution in [1.82, 2.24) is 0 Å². The van der Waals surface area contributed by atoms with Crippen molar-refractivity contribution >= 4 is 43.0 Å². The molecule has 0 aliphatic carbocycles. The topological polar surface area (TPSA) is 66.5 Å². The highest BCUT2D eigenvalue weighted by Gasteiger charge is 2.36. The highest BCUT2D eigenvalue weighted by atomic mass is 79.9. The summed E-state index contributed by atoms with van der Waals surface area (Å²) >= 11 is 2.88. The van der Waals surface area contributed by atoms with Gasteiger partial charge < -0.3 is 10.2 Å². The lowest BCUT2D eigenvalue weighted by atomic mass is 10.1. The number of sulfone groups is 1. The third kappa shape index (κ3) is 5.30. The first kappa shape index (κ1) is 21.6. The first-order chi connectivity index (χ1) is 13.6. The maximum absolute atomic E-state index is 13.1. The SMILES string of the molecule is O=C(CNc1ccc(Br)c(C(F)(F)F)c1)N(c1ccccc1)[C@@H]1CCS(=O)(=O)C1. The average molecular weight is 491 g/mol. The van der Waals surface area contributed by atoms with Crippen molar-refractivity contribution in [1.29, 1.82) is 0 Å². The number of rotatable bonds is 5. The van der Waals surface area contributed by atoms with Crippen LogP contribution in [0.3, 0.4) is 0 Å². The van der Waals surface area contributed by atoms with Gasteiger partial charge in [-0.2, -0.15) is 13.2 Å². The molecule has 1 amide bonds. The average Bonchev–Trinajstić information content (AvgIpc) is 3.00. The molecule has 1 atom stereocenters. The molecule has 1 aliphatic rings. The molecular weight excluding hydrogens is 473 g/mol. The van der Waals surface area contributed by atoms with E-state index in [4.69, 9.17) is 0 Å². The van der Waals surface area contributed by atoms with Gasteiger partial charge in [-0.1, -0.05) is 34.1 Å². The Kier molecular flexibility index (Phi) is 6.23. The van der Waals surface area contributed by atoms with Gasteiger partial charge in [0.05, 0.1) is 29.7 Å². The summed E-state index contributed by atoms with van der Waals surface area (Å²) in [6.45, 7) is -0.273. The molecule has 10 heteroatoms.